The number of hydrogen-bond donors (Lipinski definition) is 0. The van der Waals surface area contributed by atoms with Gasteiger partial charge in [0.1, 0.15) is 0 Å². The van der Waals surface area contributed by atoms with Crippen molar-refractivity contribution in [1.29, 1.82) is 0 Å². The maximum absolute atomic E-state index is 2.36. The molecule has 1 fully saturated rings. The van der Waals surface area contributed by atoms with Crippen molar-refractivity contribution >= 4 is 0 Å². The summed E-state index contributed by atoms with van der Waals surface area (Å²) in [7, 11) is 0. The van der Waals surface area contributed by atoms with Crippen molar-refractivity contribution in [2.75, 3.05) is 0 Å². The van der Waals surface area contributed by atoms with Gasteiger partial charge in [-0.25, -0.2) is 0 Å². The fourth-order valence-electron chi connectivity index (χ4n) is 0.722. The van der Waals surface area contributed by atoms with Crippen LogP contribution >= 0.6 is 0 Å². The zero-order chi connectivity index (χ0) is 3.54. The average molecular weight is 261 g/mol. The second-order valence-corrected chi connectivity index (χ2v) is 1.57. The fraction of sp³-hybridized carbons (Fsp3) is 0.800. The van der Waals surface area contributed by atoms with Crippen LogP contribution in [0.1, 0.15) is 25.7 Å². The summed E-state index contributed by atoms with van der Waals surface area (Å²) in [6, 6.07) is 0. The number of rotatable bonds is 0. The first-order valence-corrected chi connectivity index (χ1v) is 2.32. The summed E-state index contributed by atoms with van der Waals surface area (Å²) in [6.45, 7) is 0. The molecule has 0 saturated heterocycles. The van der Waals surface area contributed by atoms with E-state index in [0.29, 0.717) is 0 Å². The van der Waals surface area contributed by atoms with Gasteiger partial charge in [-0.1, -0.05) is 25.7 Å². The average Bonchev–Trinajstić information content (AvgIpc) is 1.76. The van der Waals surface area contributed by atoms with E-state index in [1.165, 1.54) is 25.7 Å². The maximum Gasteiger partial charge on any atom is 0 e. The van der Waals surface area contributed by atoms with Crippen LogP contribution in [0, 0.1) is 6.42 Å². The van der Waals surface area contributed by atoms with E-state index in [9.17, 15) is 0 Å². The largest absolute Gasteiger partial charge is 1.00 e. The smallest absolute Gasteiger partial charge is 0 e. The molecule has 39 valence electrons. The van der Waals surface area contributed by atoms with Gasteiger partial charge in [-0.2, -0.15) is 0 Å². The zero-order valence-corrected chi connectivity index (χ0v) is 9.62. The van der Waals surface area contributed by atoms with Crippen LogP contribution in [0.15, 0.2) is 0 Å². The molecule has 0 heterocycles. The van der Waals surface area contributed by atoms with Crippen molar-refractivity contribution in [2.45, 2.75) is 25.7 Å². The van der Waals surface area contributed by atoms with Gasteiger partial charge in [0.2, 0.25) is 0 Å². The molecule has 0 aromatic heterocycles. The first kappa shape index (κ1) is 11.2. The van der Waals surface area contributed by atoms with E-state index in [1.54, 1.807) is 0 Å². The molecule has 0 aliphatic heterocycles. The van der Waals surface area contributed by atoms with E-state index in [4.69, 9.17) is 0 Å². The second-order valence-electron chi connectivity index (χ2n) is 1.57. The minimum Gasteiger partial charge on any atom is -1.00 e. The minimum absolute atomic E-state index is 0. The van der Waals surface area contributed by atoms with Crippen molar-refractivity contribution in [1.82, 2.24) is 0 Å². The molecule has 0 bridgehead atoms. The molecular formula is C5H9IZn-. The molecule has 0 N–H and O–H groups in total. The molecule has 1 aliphatic carbocycles. The van der Waals surface area contributed by atoms with E-state index >= 15 is 0 Å². The monoisotopic (exact) mass is 260 g/mol. The molecule has 1 rings (SSSR count). The van der Waals surface area contributed by atoms with Crippen molar-refractivity contribution in [3.05, 3.63) is 6.42 Å². The Morgan fingerprint density at radius 3 is 1.57 bits per heavy atom. The van der Waals surface area contributed by atoms with Crippen LogP contribution in [0.2, 0.25) is 0 Å². The second kappa shape index (κ2) is 7.35. The van der Waals surface area contributed by atoms with Gasteiger partial charge in [0.15, 0.2) is 0 Å². The molecule has 0 unspecified atom stereocenters. The van der Waals surface area contributed by atoms with Crippen LogP contribution in [-0.4, -0.2) is 0 Å². The molecular weight excluding hydrogens is 252 g/mol. The van der Waals surface area contributed by atoms with E-state index in [0.717, 1.165) is 0 Å². The maximum atomic E-state index is 2.36. The first-order chi connectivity index (χ1) is 2.50. The fourth-order valence-corrected chi connectivity index (χ4v) is 0.722. The number of hydrogen-bond acceptors (Lipinski definition) is 0. The third-order valence-electron chi connectivity index (χ3n) is 1.07. The summed E-state index contributed by atoms with van der Waals surface area (Å²) in [5.41, 5.74) is 0. The predicted octanol–water partition coefficient (Wildman–Crippen LogP) is -1.23. The van der Waals surface area contributed by atoms with Crippen LogP contribution < -0.4 is 24.0 Å². The third-order valence-corrected chi connectivity index (χ3v) is 1.07. The van der Waals surface area contributed by atoms with Crippen molar-refractivity contribution in [2.24, 2.45) is 0 Å². The molecule has 1 aliphatic rings. The molecule has 1 radical (unpaired) electrons. The van der Waals surface area contributed by atoms with Gasteiger partial charge in [-0.3, -0.25) is 0 Å². The van der Waals surface area contributed by atoms with Gasteiger partial charge < -0.3 is 24.0 Å². The molecule has 2 heteroatoms. The summed E-state index contributed by atoms with van der Waals surface area (Å²) in [5.74, 6) is 0. The number of halogens is 1. The summed E-state index contributed by atoms with van der Waals surface area (Å²) >= 11 is 0. The molecule has 1 saturated carbocycles. The van der Waals surface area contributed by atoms with Gasteiger partial charge in [0, 0.05) is 19.5 Å². The molecule has 0 aromatic rings. The first-order valence-electron chi connectivity index (χ1n) is 2.32. The van der Waals surface area contributed by atoms with E-state index < -0.39 is 0 Å². The van der Waals surface area contributed by atoms with Crippen LogP contribution in [-0.2, 0) is 19.5 Å². The van der Waals surface area contributed by atoms with Crippen molar-refractivity contribution in [3.8, 4) is 0 Å². The van der Waals surface area contributed by atoms with E-state index in [1.807, 2.05) is 0 Å². The van der Waals surface area contributed by atoms with E-state index in [2.05, 4.69) is 6.42 Å². The van der Waals surface area contributed by atoms with Gasteiger partial charge >= 0.3 is 0 Å². The summed E-state index contributed by atoms with van der Waals surface area (Å²) in [5, 5.41) is 0. The summed E-state index contributed by atoms with van der Waals surface area (Å²) < 4.78 is 0. The SMILES string of the molecule is [CH]1CCCC1.[I-].[Zn]. The Bertz CT molecular complexity index is 19.7. The van der Waals surface area contributed by atoms with Crippen LogP contribution in [0.4, 0.5) is 0 Å². The molecule has 0 amide bonds. The Kier molecular flexibility index (Phi) is 11.8. The Morgan fingerprint density at radius 2 is 1.43 bits per heavy atom. The predicted molar refractivity (Wildman–Crippen MR) is 22.8 cm³/mol. The molecule has 7 heavy (non-hydrogen) atoms. The van der Waals surface area contributed by atoms with Crippen LogP contribution in [0.25, 0.3) is 0 Å². The van der Waals surface area contributed by atoms with Crippen molar-refractivity contribution < 1.29 is 43.5 Å². The van der Waals surface area contributed by atoms with E-state index in [-0.39, 0.29) is 43.5 Å². The Hall–Kier alpha value is 1.35. The normalized spacial score (nSPS) is 17.1. The quantitative estimate of drug-likeness (QED) is 0.378. The zero-order valence-electron chi connectivity index (χ0n) is 4.49. The van der Waals surface area contributed by atoms with Gasteiger partial charge in [0.25, 0.3) is 0 Å². The standard InChI is InChI=1S/C5H9.HI.Zn/c1-2-4-5-3-1;;/h1H,2-5H2;1H;/p-1. The Balaban J connectivity index is 0. The minimum atomic E-state index is 0. The van der Waals surface area contributed by atoms with Crippen molar-refractivity contribution in [3.63, 3.8) is 0 Å². The van der Waals surface area contributed by atoms with Gasteiger partial charge in [-0.15, -0.1) is 0 Å². The van der Waals surface area contributed by atoms with Gasteiger partial charge in [0.05, 0.1) is 0 Å². The molecule has 0 nitrogen and oxygen atoms in total. The topological polar surface area (TPSA) is 0 Å². The van der Waals surface area contributed by atoms with Gasteiger partial charge in [-0.05, 0) is 6.42 Å². The Morgan fingerprint density at radius 1 is 1.00 bits per heavy atom. The van der Waals surface area contributed by atoms with Crippen LogP contribution in [0.5, 0.6) is 0 Å². The summed E-state index contributed by atoms with van der Waals surface area (Å²) in [4.78, 5) is 0. The molecule has 0 aromatic carbocycles. The molecule has 0 atom stereocenters. The molecule has 0 spiro atoms. The van der Waals surface area contributed by atoms with Crippen LogP contribution in [0.3, 0.4) is 0 Å². The summed E-state index contributed by atoms with van der Waals surface area (Å²) in [6.07, 6.45) is 8.00. The third kappa shape index (κ3) is 5.22. The Labute approximate surface area is 75.2 Å².